The van der Waals surface area contributed by atoms with Crippen LogP contribution in [-0.2, 0) is 6.18 Å². The molecule has 1 aliphatic heterocycles. The highest BCUT2D eigenvalue weighted by Gasteiger charge is 2.44. The number of fused-ring (bicyclic) bond motifs is 1. The fourth-order valence-electron chi connectivity index (χ4n) is 3.59. The maximum atomic E-state index is 13.5. The molecular formula is C21H19ClF6N2. The lowest BCUT2D eigenvalue weighted by Crippen LogP contribution is -2.38. The minimum absolute atomic E-state index is 0.123. The van der Waals surface area contributed by atoms with Gasteiger partial charge in [0.25, 0.3) is 0 Å². The summed E-state index contributed by atoms with van der Waals surface area (Å²) < 4.78 is 80.7. The van der Waals surface area contributed by atoms with Gasteiger partial charge in [-0.1, -0.05) is 36.7 Å². The highest BCUT2D eigenvalue weighted by molar-refractivity contribution is 6.30. The highest BCUT2D eigenvalue weighted by atomic mass is 35.5. The lowest BCUT2D eigenvalue weighted by Gasteiger charge is -2.33. The molecule has 2 nitrogen and oxygen atoms in total. The molecule has 0 amide bonds. The van der Waals surface area contributed by atoms with Crippen molar-refractivity contribution in [3.05, 3.63) is 64.7 Å². The zero-order valence-corrected chi connectivity index (χ0v) is 16.8. The molecule has 1 heterocycles. The molecule has 2 aromatic rings. The van der Waals surface area contributed by atoms with E-state index in [0.29, 0.717) is 5.02 Å². The van der Waals surface area contributed by atoms with Crippen LogP contribution in [0.25, 0.3) is 5.57 Å². The average molecular weight is 449 g/mol. The van der Waals surface area contributed by atoms with Crippen LogP contribution in [0.3, 0.4) is 0 Å². The van der Waals surface area contributed by atoms with E-state index in [1.807, 2.05) is 5.32 Å². The second-order valence-electron chi connectivity index (χ2n) is 7.27. The first kappa shape index (κ1) is 22.3. The van der Waals surface area contributed by atoms with Crippen LogP contribution >= 0.6 is 11.6 Å². The zero-order valence-electron chi connectivity index (χ0n) is 16.1. The summed E-state index contributed by atoms with van der Waals surface area (Å²) in [5, 5.41) is 2.54. The van der Waals surface area contributed by atoms with Gasteiger partial charge in [0.15, 0.2) is 0 Å². The van der Waals surface area contributed by atoms with Crippen LogP contribution in [-0.4, -0.2) is 25.8 Å². The summed E-state index contributed by atoms with van der Waals surface area (Å²) in [4.78, 5) is 1.80. The summed E-state index contributed by atoms with van der Waals surface area (Å²) in [7, 11) is 1.75. The molecule has 0 fully saturated rings. The highest BCUT2D eigenvalue weighted by Crippen LogP contribution is 2.45. The normalized spacial score (nSPS) is 17.6. The second-order valence-corrected chi connectivity index (χ2v) is 7.71. The summed E-state index contributed by atoms with van der Waals surface area (Å²) in [5.41, 5.74) is -0.568. The number of halogens is 7. The largest absolute Gasteiger partial charge is 0.418 e. The minimum atomic E-state index is -4.78. The summed E-state index contributed by atoms with van der Waals surface area (Å²) in [5.74, 6) is -0.483. The lowest BCUT2D eigenvalue weighted by molar-refractivity contribution is -0.139. The Bertz CT molecular complexity index is 951. The molecule has 2 aromatic carbocycles. The molecule has 3 rings (SSSR count). The van der Waals surface area contributed by atoms with Crippen LogP contribution in [0.2, 0.25) is 5.02 Å². The third-order valence-corrected chi connectivity index (χ3v) is 5.24. The molecular weight excluding hydrogens is 430 g/mol. The molecule has 0 saturated heterocycles. The topological polar surface area (TPSA) is 15.3 Å². The Hall–Kier alpha value is -2.35. The smallest absolute Gasteiger partial charge is 0.374 e. The Labute approximate surface area is 175 Å². The lowest BCUT2D eigenvalue weighted by atomic mass is 9.86. The summed E-state index contributed by atoms with van der Waals surface area (Å²) in [6.07, 6.45) is -8.54. The van der Waals surface area contributed by atoms with Crippen molar-refractivity contribution in [3.63, 3.8) is 0 Å². The SMILES string of the molecule is CC(CN(C)c1cccc(Cl)c1)C1=CC(C(F)(F)F)Nc2c1cccc2C(F)(F)F. The van der Waals surface area contributed by atoms with Crippen LogP contribution in [0.15, 0.2) is 48.5 Å². The molecule has 0 saturated carbocycles. The van der Waals surface area contributed by atoms with Crippen molar-refractivity contribution in [2.24, 2.45) is 5.92 Å². The van der Waals surface area contributed by atoms with E-state index in [9.17, 15) is 26.3 Å². The predicted molar refractivity (Wildman–Crippen MR) is 107 cm³/mol. The number of benzene rings is 2. The second kappa shape index (κ2) is 8.06. The third-order valence-electron chi connectivity index (χ3n) is 5.01. The van der Waals surface area contributed by atoms with Gasteiger partial charge in [0.1, 0.15) is 6.04 Å². The van der Waals surface area contributed by atoms with Gasteiger partial charge >= 0.3 is 12.4 Å². The molecule has 9 heteroatoms. The van der Waals surface area contributed by atoms with Gasteiger partial charge in [-0.3, -0.25) is 0 Å². The first-order valence-corrected chi connectivity index (χ1v) is 9.48. The van der Waals surface area contributed by atoms with Crippen LogP contribution < -0.4 is 10.2 Å². The predicted octanol–water partition coefficient (Wildman–Crippen LogP) is 6.87. The minimum Gasteiger partial charge on any atom is -0.374 e. The molecule has 162 valence electrons. The first-order chi connectivity index (χ1) is 13.9. The van der Waals surface area contributed by atoms with Crippen molar-refractivity contribution in [1.82, 2.24) is 0 Å². The van der Waals surface area contributed by atoms with Crippen LogP contribution in [0, 0.1) is 5.92 Å². The van der Waals surface area contributed by atoms with E-state index in [-0.39, 0.29) is 17.7 Å². The van der Waals surface area contributed by atoms with Gasteiger partial charge in [0.05, 0.1) is 11.3 Å². The molecule has 0 spiro atoms. The van der Waals surface area contributed by atoms with Gasteiger partial charge in [-0.2, -0.15) is 26.3 Å². The van der Waals surface area contributed by atoms with Crippen molar-refractivity contribution in [3.8, 4) is 0 Å². The van der Waals surface area contributed by atoms with Gasteiger partial charge in [-0.25, -0.2) is 0 Å². The first-order valence-electron chi connectivity index (χ1n) is 9.10. The van der Waals surface area contributed by atoms with Crippen molar-refractivity contribution in [1.29, 1.82) is 0 Å². The van der Waals surface area contributed by atoms with Gasteiger partial charge in [-0.05, 0) is 41.8 Å². The van der Waals surface area contributed by atoms with Crippen LogP contribution in [0.4, 0.5) is 37.7 Å². The monoisotopic (exact) mass is 448 g/mol. The maximum Gasteiger partial charge on any atom is 0.418 e. The molecule has 2 unspecified atom stereocenters. The number of hydrogen-bond donors (Lipinski definition) is 1. The van der Waals surface area contributed by atoms with Crippen molar-refractivity contribution >= 4 is 28.5 Å². The number of nitrogens with zero attached hydrogens (tertiary/aromatic N) is 1. The Morgan fingerprint density at radius 3 is 2.33 bits per heavy atom. The standard InChI is InChI=1S/C21H19ClF6N2/c1-12(11-30(2)14-6-3-5-13(22)9-14)16-10-18(21(26,27)28)29-19-15(16)7-4-8-17(19)20(23,24)25/h3-10,12,18,29H,11H2,1-2H3. The Kier molecular flexibility index (Phi) is 6.00. The molecule has 2 atom stereocenters. The van der Waals surface area contributed by atoms with Gasteiger partial charge in [0, 0.05) is 29.9 Å². The Morgan fingerprint density at radius 2 is 1.73 bits per heavy atom. The number of nitrogens with one attached hydrogen (secondary N) is 1. The van der Waals surface area contributed by atoms with Gasteiger partial charge in [0.2, 0.25) is 0 Å². The van der Waals surface area contributed by atoms with Crippen molar-refractivity contribution < 1.29 is 26.3 Å². The van der Waals surface area contributed by atoms with E-state index in [1.165, 1.54) is 12.1 Å². The number of anilines is 2. The van der Waals surface area contributed by atoms with E-state index in [2.05, 4.69) is 0 Å². The third kappa shape index (κ3) is 4.69. The van der Waals surface area contributed by atoms with Crippen molar-refractivity contribution in [2.75, 3.05) is 23.8 Å². The number of rotatable bonds is 4. The maximum absolute atomic E-state index is 13.5. The summed E-state index contributed by atoms with van der Waals surface area (Å²) in [6.45, 7) is 1.97. The Morgan fingerprint density at radius 1 is 1.07 bits per heavy atom. The Balaban J connectivity index is 2.00. The fourth-order valence-corrected chi connectivity index (χ4v) is 3.77. The van der Waals surface area contributed by atoms with Gasteiger partial charge < -0.3 is 10.2 Å². The summed E-state index contributed by atoms with van der Waals surface area (Å²) >= 11 is 5.99. The average Bonchev–Trinajstić information content (AvgIpc) is 2.65. The molecule has 1 N–H and O–H groups in total. The number of alkyl halides is 6. The number of hydrogen-bond acceptors (Lipinski definition) is 2. The van der Waals surface area contributed by atoms with Crippen LogP contribution in [0.5, 0.6) is 0 Å². The molecule has 30 heavy (non-hydrogen) atoms. The molecule has 0 aliphatic carbocycles. The van der Waals surface area contributed by atoms with Crippen LogP contribution in [0.1, 0.15) is 18.1 Å². The molecule has 0 bridgehead atoms. The molecule has 0 aromatic heterocycles. The van der Waals surface area contributed by atoms with E-state index >= 15 is 0 Å². The van der Waals surface area contributed by atoms with Gasteiger partial charge in [-0.15, -0.1) is 0 Å². The molecule has 1 aliphatic rings. The number of para-hydroxylation sites is 1. The van der Waals surface area contributed by atoms with E-state index in [4.69, 9.17) is 11.6 Å². The van der Waals surface area contributed by atoms with Crippen molar-refractivity contribution in [2.45, 2.75) is 25.3 Å². The van der Waals surface area contributed by atoms with E-state index in [1.54, 1.807) is 43.1 Å². The summed E-state index contributed by atoms with van der Waals surface area (Å²) in [6, 6.07) is 8.13. The quantitative estimate of drug-likeness (QED) is 0.513. The fraction of sp³-hybridized carbons (Fsp3) is 0.333. The molecule has 0 radical (unpaired) electrons. The van der Waals surface area contributed by atoms with E-state index in [0.717, 1.165) is 17.8 Å². The zero-order chi connectivity index (χ0) is 22.3. The van der Waals surface area contributed by atoms with E-state index < -0.39 is 35.6 Å².